The number of rotatable bonds is 3. The van der Waals surface area contributed by atoms with Crippen LogP contribution in [-0.2, 0) is 14.3 Å². The lowest BCUT2D eigenvalue weighted by atomic mass is 9.91. The van der Waals surface area contributed by atoms with Crippen molar-refractivity contribution in [2.75, 3.05) is 26.8 Å². The molecule has 6 nitrogen and oxygen atoms in total. The van der Waals surface area contributed by atoms with Gasteiger partial charge >= 0.3 is 0 Å². The highest BCUT2D eigenvalue weighted by molar-refractivity contribution is 5.86. The average molecular weight is 241 g/mol. The van der Waals surface area contributed by atoms with Crippen LogP contribution < -0.4 is 11.1 Å². The Labute approximate surface area is 100 Å². The minimum absolute atomic E-state index is 0.0216. The molecule has 0 saturated carbocycles. The van der Waals surface area contributed by atoms with Crippen molar-refractivity contribution in [1.29, 1.82) is 0 Å². The fourth-order valence-electron chi connectivity index (χ4n) is 2.69. The van der Waals surface area contributed by atoms with Gasteiger partial charge in [-0.05, 0) is 12.8 Å². The standard InChI is InChI=1S/C11H19N3O3/c1-17-6-8(12)11(16)14-4-2-3-7-9(14)5-13-10(7)15/h7-9H,2-6,12H2,1H3,(H,13,15). The van der Waals surface area contributed by atoms with Gasteiger partial charge in [-0.3, -0.25) is 9.59 Å². The number of hydrogen-bond acceptors (Lipinski definition) is 4. The second-order valence-corrected chi connectivity index (χ2v) is 4.65. The molecule has 3 atom stereocenters. The predicted octanol–water partition coefficient (Wildman–Crippen LogP) is -1.30. The fourth-order valence-corrected chi connectivity index (χ4v) is 2.69. The Balaban J connectivity index is 2.05. The summed E-state index contributed by atoms with van der Waals surface area (Å²) in [6.45, 7) is 1.45. The maximum Gasteiger partial charge on any atom is 0.242 e. The number of ether oxygens (including phenoxy) is 1. The third-order valence-corrected chi connectivity index (χ3v) is 3.55. The van der Waals surface area contributed by atoms with Crippen molar-refractivity contribution >= 4 is 11.8 Å². The molecule has 6 heteroatoms. The van der Waals surface area contributed by atoms with Gasteiger partial charge in [0, 0.05) is 20.2 Å². The lowest BCUT2D eigenvalue weighted by molar-refractivity contribution is -0.139. The van der Waals surface area contributed by atoms with Gasteiger partial charge in [0.25, 0.3) is 0 Å². The lowest BCUT2D eigenvalue weighted by Gasteiger charge is -2.37. The van der Waals surface area contributed by atoms with Crippen LogP contribution in [0.15, 0.2) is 0 Å². The molecule has 2 aliphatic heterocycles. The van der Waals surface area contributed by atoms with Crippen LogP contribution in [0.2, 0.25) is 0 Å². The van der Waals surface area contributed by atoms with Gasteiger partial charge in [-0.1, -0.05) is 0 Å². The van der Waals surface area contributed by atoms with Crippen LogP contribution in [0.3, 0.4) is 0 Å². The van der Waals surface area contributed by atoms with E-state index in [2.05, 4.69) is 5.32 Å². The number of hydrogen-bond donors (Lipinski definition) is 2. The molecule has 2 fully saturated rings. The van der Waals surface area contributed by atoms with Crippen LogP contribution in [-0.4, -0.2) is 55.6 Å². The van der Waals surface area contributed by atoms with Gasteiger partial charge in [0.2, 0.25) is 11.8 Å². The van der Waals surface area contributed by atoms with Gasteiger partial charge in [0.15, 0.2) is 0 Å². The van der Waals surface area contributed by atoms with E-state index < -0.39 is 6.04 Å². The third kappa shape index (κ3) is 2.28. The number of methoxy groups -OCH3 is 1. The molecule has 17 heavy (non-hydrogen) atoms. The molecule has 0 bridgehead atoms. The second-order valence-electron chi connectivity index (χ2n) is 4.65. The van der Waals surface area contributed by atoms with E-state index in [4.69, 9.17) is 10.5 Å². The van der Waals surface area contributed by atoms with Gasteiger partial charge in [0.1, 0.15) is 6.04 Å². The molecule has 0 aromatic rings. The Morgan fingerprint density at radius 1 is 1.71 bits per heavy atom. The van der Waals surface area contributed by atoms with E-state index in [9.17, 15) is 9.59 Å². The molecule has 0 aliphatic carbocycles. The molecule has 0 aromatic carbocycles. The highest BCUT2D eigenvalue weighted by atomic mass is 16.5. The average Bonchev–Trinajstić information content (AvgIpc) is 2.71. The number of carbonyl (C=O) groups excluding carboxylic acids is 2. The summed E-state index contributed by atoms with van der Waals surface area (Å²) in [6, 6.07) is -0.652. The quantitative estimate of drug-likeness (QED) is 0.643. The summed E-state index contributed by atoms with van der Waals surface area (Å²) >= 11 is 0. The monoisotopic (exact) mass is 241 g/mol. The Morgan fingerprint density at radius 3 is 3.18 bits per heavy atom. The summed E-state index contributed by atoms with van der Waals surface area (Å²) in [5.41, 5.74) is 5.75. The summed E-state index contributed by atoms with van der Waals surface area (Å²) in [4.78, 5) is 25.4. The summed E-state index contributed by atoms with van der Waals surface area (Å²) in [6.07, 6.45) is 1.72. The number of carbonyl (C=O) groups is 2. The number of fused-ring (bicyclic) bond motifs is 1. The molecule has 2 saturated heterocycles. The van der Waals surface area contributed by atoms with Gasteiger partial charge < -0.3 is 20.7 Å². The molecule has 0 spiro atoms. The Kier molecular flexibility index (Phi) is 3.63. The lowest BCUT2D eigenvalue weighted by Crippen LogP contribution is -2.55. The topological polar surface area (TPSA) is 84.7 Å². The number of likely N-dealkylation sites (tertiary alicyclic amines) is 1. The van der Waals surface area contributed by atoms with Crippen LogP contribution in [0, 0.1) is 5.92 Å². The van der Waals surface area contributed by atoms with E-state index >= 15 is 0 Å². The highest BCUT2D eigenvalue weighted by Gasteiger charge is 2.43. The van der Waals surface area contributed by atoms with E-state index in [1.54, 1.807) is 4.90 Å². The molecule has 2 heterocycles. The van der Waals surface area contributed by atoms with E-state index in [0.717, 1.165) is 12.8 Å². The first-order valence-electron chi connectivity index (χ1n) is 5.98. The molecule has 0 radical (unpaired) electrons. The Morgan fingerprint density at radius 2 is 2.47 bits per heavy atom. The first-order chi connectivity index (χ1) is 8.15. The largest absolute Gasteiger partial charge is 0.383 e. The third-order valence-electron chi connectivity index (χ3n) is 3.55. The first kappa shape index (κ1) is 12.3. The minimum Gasteiger partial charge on any atom is -0.383 e. The second kappa shape index (κ2) is 5.01. The van der Waals surface area contributed by atoms with Gasteiger partial charge in [-0.2, -0.15) is 0 Å². The molecule has 96 valence electrons. The smallest absolute Gasteiger partial charge is 0.242 e. The highest BCUT2D eigenvalue weighted by Crippen LogP contribution is 2.27. The first-order valence-corrected chi connectivity index (χ1v) is 5.98. The molecule has 3 unspecified atom stereocenters. The Bertz CT molecular complexity index is 321. The van der Waals surface area contributed by atoms with Gasteiger partial charge in [-0.15, -0.1) is 0 Å². The summed E-state index contributed by atoms with van der Waals surface area (Å²) in [7, 11) is 1.52. The zero-order valence-corrected chi connectivity index (χ0v) is 10.0. The van der Waals surface area contributed by atoms with Crippen molar-refractivity contribution in [3.05, 3.63) is 0 Å². The Hall–Kier alpha value is -1.14. The summed E-state index contributed by atoms with van der Waals surface area (Å²) in [5.74, 6) is -0.103. The SMILES string of the molecule is COCC(N)C(=O)N1CCCC2C(=O)NCC21. The zero-order valence-electron chi connectivity index (χ0n) is 10.0. The van der Waals surface area contributed by atoms with Crippen molar-refractivity contribution in [3.63, 3.8) is 0 Å². The molecule has 2 rings (SSSR count). The number of nitrogens with one attached hydrogen (secondary N) is 1. The van der Waals surface area contributed by atoms with Crippen LogP contribution >= 0.6 is 0 Å². The van der Waals surface area contributed by atoms with Gasteiger partial charge in [0.05, 0.1) is 18.6 Å². The van der Waals surface area contributed by atoms with Crippen molar-refractivity contribution < 1.29 is 14.3 Å². The molecular weight excluding hydrogens is 222 g/mol. The fraction of sp³-hybridized carbons (Fsp3) is 0.818. The predicted molar refractivity (Wildman–Crippen MR) is 61.1 cm³/mol. The van der Waals surface area contributed by atoms with E-state index in [1.165, 1.54) is 7.11 Å². The molecule has 2 aliphatic rings. The van der Waals surface area contributed by atoms with E-state index in [-0.39, 0.29) is 30.4 Å². The minimum atomic E-state index is -0.630. The van der Waals surface area contributed by atoms with Crippen molar-refractivity contribution in [2.24, 2.45) is 11.7 Å². The van der Waals surface area contributed by atoms with Gasteiger partial charge in [-0.25, -0.2) is 0 Å². The number of piperidine rings is 1. The van der Waals surface area contributed by atoms with Crippen molar-refractivity contribution in [1.82, 2.24) is 10.2 Å². The number of amides is 2. The normalized spacial score (nSPS) is 29.8. The van der Waals surface area contributed by atoms with Crippen LogP contribution in [0.5, 0.6) is 0 Å². The zero-order chi connectivity index (χ0) is 12.4. The van der Waals surface area contributed by atoms with E-state index in [1.807, 2.05) is 0 Å². The van der Waals surface area contributed by atoms with Crippen LogP contribution in [0.25, 0.3) is 0 Å². The molecule has 0 aromatic heterocycles. The maximum absolute atomic E-state index is 12.1. The molecule has 2 amide bonds. The summed E-state index contributed by atoms with van der Waals surface area (Å²) < 4.78 is 4.89. The summed E-state index contributed by atoms with van der Waals surface area (Å²) in [5, 5.41) is 2.81. The van der Waals surface area contributed by atoms with Crippen molar-refractivity contribution in [2.45, 2.75) is 24.9 Å². The van der Waals surface area contributed by atoms with Crippen molar-refractivity contribution in [3.8, 4) is 0 Å². The number of nitrogens with two attached hydrogens (primary N) is 1. The maximum atomic E-state index is 12.1. The van der Waals surface area contributed by atoms with Crippen LogP contribution in [0.4, 0.5) is 0 Å². The molecule has 3 N–H and O–H groups in total. The molecular formula is C11H19N3O3. The van der Waals surface area contributed by atoms with Crippen LogP contribution in [0.1, 0.15) is 12.8 Å². The van der Waals surface area contributed by atoms with E-state index in [0.29, 0.717) is 13.1 Å². The number of nitrogens with zero attached hydrogens (tertiary/aromatic N) is 1.